The lowest BCUT2D eigenvalue weighted by molar-refractivity contribution is -0.645. The van der Waals surface area contributed by atoms with Gasteiger partial charge >= 0.3 is 0 Å². The number of anilines is 1. The van der Waals surface area contributed by atoms with Crippen molar-refractivity contribution in [1.29, 1.82) is 0 Å². The van der Waals surface area contributed by atoms with Crippen LogP contribution in [0.3, 0.4) is 0 Å². The van der Waals surface area contributed by atoms with Gasteiger partial charge < -0.3 is 10.5 Å². The Labute approximate surface area is 128 Å². The van der Waals surface area contributed by atoms with Gasteiger partial charge in [-0.3, -0.25) is 4.79 Å². The lowest BCUT2D eigenvalue weighted by atomic mass is 10.1. The Bertz CT molecular complexity index is 614. The van der Waals surface area contributed by atoms with E-state index in [1.54, 1.807) is 25.1 Å². The van der Waals surface area contributed by atoms with Crippen molar-refractivity contribution in [3.05, 3.63) is 59.4 Å². The highest BCUT2D eigenvalue weighted by Gasteiger charge is 2.18. The lowest BCUT2D eigenvalue weighted by Gasteiger charge is -2.11. The lowest BCUT2D eigenvalue weighted by Crippen LogP contribution is -2.30. The SMILES string of the molecule is CCc1ccc(NC(=O)[C@@H](C)Sc2cccc[n+]2[O-])cc1. The molecule has 1 aromatic heterocycles. The number of carbonyl (C=O) groups excluding carboxylic acids is 1. The van der Waals surface area contributed by atoms with Crippen LogP contribution < -0.4 is 10.0 Å². The molecule has 0 bridgehead atoms. The minimum atomic E-state index is -0.349. The molecule has 0 aliphatic carbocycles. The molecule has 1 heterocycles. The van der Waals surface area contributed by atoms with E-state index in [4.69, 9.17) is 0 Å². The third kappa shape index (κ3) is 4.23. The van der Waals surface area contributed by atoms with Gasteiger partial charge in [-0.1, -0.05) is 19.1 Å². The van der Waals surface area contributed by atoms with Gasteiger partial charge in [0.2, 0.25) is 5.91 Å². The Morgan fingerprint density at radius 3 is 2.62 bits per heavy atom. The van der Waals surface area contributed by atoms with Gasteiger partial charge in [-0.2, -0.15) is 4.73 Å². The van der Waals surface area contributed by atoms with E-state index in [0.717, 1.165) is 16.8 Å². The molecule has 1 atom stereocenters. The van der Waals surface area contributed by atoms with Crippen molar-refractivity contribution >= 4 is 23.4 Å². The zero-order valence-corrected chi connectivity index (χ0v) is 12.9. The van der Waals surface area contributed by atoms with Crippen LogP contribution in [0.2, 0.25) is 0 Å². The van der Waals surface area contributed by atoms with Crippen LogP contribution in [0.4, 0.5) is 5.69 Å². The maximum Gasteiger partial charge on any atom is 0.252 e. The monoisotopic (exact) mass is 302 g/mol. The molecule has 0 aliphatic rings. The van der Waals surface area contributed by atoms with Crippen molar-refractivity contribution in [2.24, 2.45) is 0 Å². The van der Waals surface area contributed by atoms with E-state index in [1.807, 2.05) is 24.3 Å². The van der Waals surface area contributed by atoms with E-state index >= 15 is 0 Å². The Hall–Kier alpha value is -2.01. The van der Waals surface area contributed by atoms with Gasteiger partial charge in [-0.05, 0) is 48.9 Å². The van der Waals surface area contributed by atoms with Gasteiger partial charge in [0.05, 0.1) is 5.25 Å². The second-order valence-corrected chi connectivity index (χ2v) is 6.03. The van der Waals surface area contributed by atoms with Crippen molar-refractivity contribution in [3.8, 4) is 0 Å². The highest BCUT2D eigenvalue weighted by atomic mass is 32.2. The van der Waals surface area contributed by atoms with Gasteiger partial charge in [-0.25, -0.2) is 0 Å². The molecule has 4 nitrogen and oxygen atoms in total. The molecule has 0 saturated carbocycles. The third-order valence-electron chi connectivity index (χ3n) is 3.09. The molecule has 5 heteroatoms. The summed E-state index contributed by atoms with van der Waals surface area (Å²) in [7, 11) is 0. The fraction of sp³-hybridized carbons (Fsp3) is 0.250. The molecule has 21 heavy (non-hydrogen) atoms. The van der Waals surface area contributed by atoms with Gasteiger partial charge in [0, 0.05) is 17.8 Å². The predicted molar refractivity (Wildman–Crippen MR) is 85.2 cm³/mol. The molecule has 0 unspecified atom stereocenters. The summed E-state index contributed by atoms with van der Waals surface area (Å²) in [6.45, 7) is 3.87. The number of pyridine rings is 1. The van der Waals surface area contributed by atoms with Crippen LogP contribution in [0.15, 0.2) is 53.7 Å². The van der Waals surface area contributed by atoms with Crippen molar-refractivity contribution < 1.29 is 9.52 Å². The zero-order valence-electron chi connectivity index (χ0n) is 12.1. The molecule has 0 fully saturated rings. The molecule has 0 radical (unpaired) electrons. The molecule has 110 valence electrons. The number of rotatable bonds is 5. The maximum atomic E-state index is 12.1. The van der Waals surface area contributed by atoms with Gasteiger partial charge in [-0.15, -0.1) is 0 Å². The Kier molecular flexibility index (Phi) is 5.22. The Morgan fingerprint density at radius 1 is 1.29 bits per heavy atom. The number of nitrogens with zero attached hydrogens (tertiary/aromatic N) is 1. The fourth-order valence-corrected chi connectivity index (χ4v) is 2.66. The fourth-order valence-electron chi connectivity index (χ4n) is 1.81. The quantitative estimate of drug-likeness (QED) is 0.525. The van der Waals surface area contributed by atoms with Crippen LogP contribution in [0.5, 0.6) is 0 Å². The minimum Gasteiger partial charge on any atom is -0.618 e. The first-order chi connectivity index (χ1) is 10.1. The van der Waals surface area contributed by atoms with Crippen molar-refractivity contribution in [1.82, 2.24) is 0 Å². The summed E-state index contributed by atoms with van der Waals surface area (Å²) in [5.74, 6) is -0.117. The molecule has 1 amide bonds. The normalized spacial score (nSPS) is 11.9. The second-order valence-electron chi connectivity index (χ2n) is 4.66. The van der Waals surface area contributed by atoms with Crippen LogP contribution in [-0.2, 0) is 11.2 Å². The van der Waals surface area contributed by atoms with E-state index in [9.17, 15) is 10.0 Å². The summed E-state index contributed by atoms with van der Waals surface area (Å²) in [6, 6.07) is 12.9. The summed E-state index contributed by atoms with van der Waals surface area (Å²) in [4.78, 5) is 12.1. The largest absolute Gasteiger partial charge is 0.618 e. The molecular formula is C16H18N2O2S. The molecule has 2 rings (SSSR count). The third-order valence-corrected chi connectivity index (χ3v) is 4.21. The molecular weight excluding hydrogens is 284 g/mol. The van der Waals surface area contributed by atoms with Crippen LogP contribution >= 0.6 is 11.8 Å². The highest BCUT2D eigenvalue weighted by molar-refractivity contribution is 8.00. The van der Waals surface area contributed by atoms with E-state index in [0.29, 0.717) is 5.03 Å². The standard InChI is InChI=1S/C16H18N2O2S/c1-3-13-7-9-14(10-8-13)17-16(19)12(2)21-15-6-4-5-11-18(15)20/h4-12H,3H2,1-2H3,(H,17,19)/t12-/m1/s1. The van der Waals surface area contributed by atoms with Crippen LogP contribution in [0, 0.1) is 5.21 Å². The van der Waals surface area contributed by atoms with Gasteiger partial charge in [0.15, 0.2) is 6.20 Å². The van der Waals surface area contributed by atoms with E-state index in [2.05, 4.69) is 12.2 Å². The summed E-state index contributed by atoms with van der Waals surface area (Å²) in [6.07, 6.45) is 2.40. The zero-order chi connectivity index (χ0) is 15.2. The molecule has 1 aromatic carbocycles. The van der Waals surface area contributed by atoms with Crippen molar-refractivity contribution in [2.75, 3.05) is 5.32 Å². The number of amides is 1. The average Bonchev–Trinajstić information content (AvgIpc) is 2.50. The van der Waals surface area contributed by atoms with E-state index in [-0.39, 0.29) is 11.2 Å². The number of benzene rings is 1. The smallest absolute Gasteiger partial charge is 0.252 e. The number of aryl methyl sites for hydroxylation is 1. The first-order valence-corrected chi connectivity index (χ1v) is 7.72. The summed E-state index contributed by atoms with van der Waals surface area (Å²) < 4.78 is 0.768. The van der Waals surface area contributed by atoms with Gasteiger partial charge in [0.1, 0.15) is 0 Å². The number of hydrogen-bond acceptors (Lipinski definition) is 3. The van der Waals surface area contributed by atoms with Crippen molar-refractivity contribution in [3.63, 3.8) is 0 Å². The molecule has 0 saturated heterocycles. The first-order valence-electron chi connectivity index (χ1n) is 6.85. The number of nitrogens with one attached hydrogen (secondary N) is 1. The van der Waals surface area contributed by atoms with Gasteiger partial charge in [0.25, 0.3) is 5.03 Å². The Morgan fingerprint density at radius 2 is 2.00 bits per heavy atom. The second kappa shape index (κ2) is 7.13. The minimum absolute atomic E-state index is 0.117. The number of carbonyl (C=O) groups is 1. The summed E-state index contributed by atoms with van der Waals surface area (Å²) in [5, 5.41) is 14.6. The maximum absolute atomic E-state index is 12.1. The first kappa shape index (κ1) is 15.4. The molecule has 1 N–H and O–H groups in total. The predicted octanol–water partition coefficient (Wildman–Crippen LogP) is 3.00. The van der Waals surface area contributed by atoms with Crippen LogP contribution in [0.25, 0.3) is 0 Å². The summed E-state index contributed by atoms with van der Waals surface area (Å²) >= 11 is 1.24. The molecule has 2 aromatic rings. The topological polar surface area (TPSA) is 56.0 Å². The van der Waals surface area contributed by atoms with E-state index in [1.165, 1.54) is 23.5 Å². The average molecular weight is 302 g/mol. The summed E-state index contributed by atoms with van der Waals surface area (Å²) in [5.41, 5.74) is 2.00. The number of aromatic nitrogens is 1. The van der Waals surface area contributed by atoms with E-state index < -0.39 is 0 Å². The van der Waals surface area contributed by atoms with Crippen LogP contribution in [-0.4, -0.2) is 11.2 Å². The molecule has 0 aliphatic heterocycles. The van der Waals surface area contributed by atoms with Crippen LogP contribution in [0.1, 0.15) is 19.4 Å². The number of hydrogen-bond donors (Lipinski definition) is 1. The molecule has 0 spiro atoms. The number of thioether (sulfide) groups is 1. The van der Waals surface area contributed by atoms with Crippen molar-refractivity contribution in [2.45, 2.75) is 30.5 Å². The Balaban J connectivity index is 1.97. The highest BCUT2D eigenvalue weighted by Crippen LogP contribution is 2.21.